The van der Waals surface area contributed by atoms with Crippen molar-refractivity contribution in [3.8, 4) is 0 Å². The predicted octanol–water partition coefficient (Wildman–Crippen LogP) is 7.31. The molecule has 0 aliphatic rings. The molecule has 0 aromatic heterocycles. The predicted molar refractivity (Wildman–Crippen MR) is 98.1 cm³/mol. The van der Waals surface area contributed by atoms with Gasteiger partial charge in [-0.05, 0) is 37.5 Å². The molecule has 0 bridgehead atoms. The number of hydrogen-bond acceptors (Lipinski definition) is 2. The minimum Gasteiger partial charge on any atom is -0.459 e. The van der Waals surface area contributed by atoms with Gasteiger partial charge >= 0.3 is 12.1 Å². The second-order valence-corrected chi connectivity index (χ2v) is 6.92. The molecule has 1 atom stereocenters. The van der Waals surface area contributed by atoms with Crippen LogP contribution in [-0.2, 0) is 10.9 Å². The minimum atomic E-state index is -4.85. The van der Waals surface area contributed by atoms with Crippen LogP contribution in [0.4, 0.5) is 17.6 Å². The molecule has 1 unspecified atom stereocenters. The van der Waals surface area contributed by atoms with Gasteiger partial charge in [-0.25, -0.2) is 9.18 Å². The van der Waals surface area contributed by atoms with E-state index in [2.05, 4.69) is 6.92 Å². The molecular weight excluding hydrogens is 360 g/mol. The number of unbranched alkanes of at least 4 members (excludes halogenated alkanes) is 6. The third kappa shape index (κ3) is 8.76. The van der Waals surface area contributed by atoms with Gasteiger partial charge in [0.05, 0.1) is 11.1 Å². The zero-order valence-electron chi connectivity index (χ0n) is 16.2. The van der Waals surface area contributed by atoms with Gasteiger partial charge in [0, 0.05) is 0 Å². The number of halogens is 4. The van der Waals surface area contributed by atoms with E-state index in [1.54, 1.807) is 0 Å². The number of hydrogen-bond donors (Lipinski definition) is 0. The summed E-state index contributed by atoms with van der Waals surface area (Å²) in [7, 11) is 0. The number of rotatable bonds is 12. The average Bonchev–Trinajstić information content (AvgIpc) is 2.61. The first-order chi connectivity index (χ1) is 12.8. The highest BCUT2D eigenvalue weighted by Crippen LogP contribution is 2.32. The summed E-state index contributed by atoms with van der Waals surface area (Å²) in [6.45, 7) is 4.18. The van der Waals surface area contributed by atoms with Crippen molar-refractivity contribution in [1.29, 1.82) is 0 Å². The quantitative estimate of drug-likeness (QED) is 0.212. The monoisotopic (exact) mass is 390 g/mol. The van der Waals surface area contributed by atoms with Crippen molar-refractivity contribution in [2.24, 2.45) is 0 Å². The summed E-state index contributed by atoms with van der Waals surface area (Å²) in [4.78, 5) is 12.3. The maximum atomic E-state index is 13.4. The Balaban J connectivity index is 2.67. The average molecular weight is 390 g/mol. The van der Waals surface area contributed by atoms with E-state index < -0.39 is 23.5 Å². The number of carbonyl (C=O) groups is 1. The van der Waals surface area contributed by atoms with Crippen LogP contribution in [0.2, 0.25) is 0 Å². The van der Waals surface area contributed by atoms with Gasteiger partial charge in [-0.3, -0.25) is 0 Å². The SMILES string of the molecule is CCCCCCCCC(CCCC)OC(=O)c1ccc(F)c(C(F)(F)F)c1. The topological polar surface area (TPSA) is 26.3 Å². The molecule has 1 rings (SSSR count). The van der Waals surface area contributed by atoms with Gasteiger partial charge < -0.3 is 4.74 Å². The normalized spacial score (nSPS) is 12.8. The summed E-state index contributed by atoms with van der Waals surface area (Å²) in [5, 5.41) is 0. The molecule has 0 saturated carbocycles. The third-order valence-electron chi connectivity index (χ3n) is 4.54. The van der Waals surface area contributed by atoms with Crippen LogP contribution < -0.4 is 0 Å². The lowest BCUT2D eigenvalue weighted by Crippen LogP contribution is -2.19. The summed E-state index contributed by atoms with van der Waals surface area (Å²) >= 11 is 0. The standard InChI is InChI=1S/C21H30F4O2/c1-3-5-7-8-9-10-12-17(11-6-4-2)27-20(26)16-13-14-19(22)18(15-16)21(23,24)25/h13-15,17H,3-12H2,1-2H3. The molecule has 0 N–H and O–H groups in total. The first-order valence-electron chi connectivity index (χ1n) is 9.87. The summed E-state index contributed by atoms with van der Waals surface area (Å²) in [5.41, 5.74) is -1.72. The molecule has 6 heteroatoms. The molecule has 0 aliphatic heterocycles. The Morgan fingerprint density at radius 3 is 2.19 bits per heavy atom. The van der Waals surface area contributed by atoms with Gasteiger partial charge in [-0.2, -0.15) is 13.2 Å². The fourth-order valence-corrected chi connectivity index (χ4v) is 2.94. The Morgan fingerprint density at radius 1 is 0.963 bits per heavy atom. The smallest absolute Gasteiger partial charge is 0.419 e. The van der Waals surface area contributed by atoms with E-state index in [0.717, 1.165) is 38.2 Å². The van der Waals surface area contributed by atoms with Crippen LogP contribution in [0.3, 0.4) is 0 Å². The molecule has 27 heavy (non-hydrogen) atoms. The molecule has 0 heterocycles. The van der Waals surface area contributed by atoms with E-state index in [9.17, 15) is 22.4 Å². The molecule has 1 aromatic rings. The van der Waals surface area contributed by atoms with Crippen molar-refractivity contribution < 1.29 is 27.1 Å². The highest BCUT2D eigenvalue weighted by atomic mass is 19.4. The van der Waals surface area contributed by atoms with Crippen LogP contribution in [0, 0.1) is 5.82 Å². The first-order valence-corrected chi connectivity index (χ1v) is 9.87. The van der Waals surface area contributed by atoms with E-state index in [0.29, 0.717) is 25.0 Å². The lowest BCUT2D eigenvalue weighted by molar-refractivity contribution is -0.140. The summed E-state index contributed by atoms with van der Waals surface area (Å²) in [6, 6.07) is 2.22. The van der Waals surface area contributed by atoms with Crippen molar-refractivity contribution in [2.75, 3.05) is 0 Å². The molecule has 0 fully saturated rings. The van der Waals surface area contributed by atoms with Gasteiger partial charge in [-0.1, -0.05) is 58.8 Å². The van der Waals surface area contributed by atoms with Crippen molar-refractivity contribution in [2.45, 2.75) is 90.3 Å². The van der Waals surface area contributed by atoms with E-state index in [-0.39, 0.29) is 11.7 Å². The van der Waals surface area contributed by atoms with Crippen molar-refractivity contribution in [3.63, 3.8) is 0 Å². The highest BCUT2D eigenvalue weighted by Gasteiger charge is 2.35. The van der Waals surface area contributed by atoms with Crippen LogP contribution in [-0.4, -0.2) is 12.1 Å². The molecule has 0 saturated heterocycles. The molecule has 0 aliphatic carbocycles. The summed E-state index contributed by atoms with van der Waals surface area (Å²) < 4.78 is 57.3. The lowest BCUT2D eigenvalue weighted by atomic mass is 10.0. The zero-order chi connectivity index (χ0) is 20.3. The second-order valence-electron chi connectivity index (χ2n) is 6.92. The summed E-state index contributed by atoms with van der Waals surface area (Å²) in [6.07, 6.45) is 4.72. The van der Waals surface area contributed by atoms with Gasteiger partial charge in [0.1, 0.15) is 11.9 Å². The van der Waals surface area contributed by atoms with Gasteiger partial charge in [0.25, 0.3) is 0 Å². The number of benzene rings is 1. The number of esters is 1. The molecule has 0 spiro atoms. The van der Waals surface area contributed by atoms with Crippen molar-refractivity contribution in [3.05, 3.63) is 35.1 Å². The minimum absolute atomic E-state index is 0.270. The Morgan fingerprint density at radius 2 is 1.56 bits per heavy atom. The van der Waals surface area contributed by atoms with Crippen molar-refractivity contribution in [1.82, 2.24) is 0 Å². The maximum Gasteiger partial charge on any atom is 0.419 e. The van der Waals surface area contributed by atoms with Crippen LogP contribution in [0.15, 0.2) is 18.2 Å². The van der Waals surface area contributed by atoms with Gasteiger partial charge in [-0.15, -0.1) is 0 Å². The Kier molecular flexibility index (Phi) is 10.4. The zero-order valence-corrected chi connectivity index (χ0v) is 16.2. The van der Waals surface area contributed by atoms with Crippen LogP contribution in [0.5, 0.6) is 0 Å². The van der Waals surface area contributed by atoms with Crippen LogP contribution >= 0.6 is 0 Å². The number of carbonyl (C=O) groups excluding carboxylic acids is 1. The maximum absolute atomic E-state index is 13.4. The fourth-order valence-electron chi connectivity index (χ4n) is 2.94. The second kappa shape index (κ2) is 12.0. The largest absolute Gasteiger partial charge is 0.459 e. The highest BCUT2D eigenvalue weighted by molar-refractivity contribution is 5.89. The molecular formula is C21H30F4O2. The molecule has 2 nitrogen and oxygen atoms in total. The van der Waals surface area contributed by atoms with E-state index in [1.165, 1.54) is 19.3 Å². The number of ether oxygens (including phenoxy) is 1. The first kappa shape index (κ1) is 23.4. The Bertz CT molecular complexity index is 570. The van der Waals surface area contributed by atoms with E-state index in [4.69, 9.17) is 4.74 Å². The molecule has 0 radical (unpaired) electrons. The molecule has 1 aromatic carbocycles. The third-order valence-corrected chi connectivity index (χ3v) is 4.54. The van der Waals surface area contributed by atoms with Crippen molar-refractivity contribution >= 4 is 5.97 Å². The lowest BCUT2D eigenvalue weighted by Gasteiger charge is -2.18. The van der Waals surface area contributed by atoms with Gasteiger partial charge in [0.2, 0.25) is 0 Å². The van der Waals surface area contributed by atoms with Crippen LogP contribution in [0.25, 0.3) is 0 Å². The number of alkyl halides is 3. The molecule has 0 amide bonds. The fraction of sp³-hybridized carbons (Fsp3) is 0.667. The Hall–Kier alpha value is -1.59. The van der Waals surface area contributed by atoms with E-state index >= 15 is 0 Å². The van der Waals surface area contributed by atoms with Crippen LogP contribution in [0.1, 0.15) is 94.0 Å². The van der Waals surface area contributed by atoms with Gasteiger partial charge in [0.15, 0.2) is 0 Å². The molecule has 154 valence electrons. The Labute approximate surface area is 159 Å². The summed E-state index contributed by atoms with van der Waals surface area (Å²) in [5.74, 6) is -2.22. The van der Waals surface area contributed by atoms with E-state index in [1.807, 2.05) is 6.92 Å².